The van der Waals surface area contributed by atoms with E-state index in [4.69, 9.17) is 15.6 Å². The van der Waals surface area contributed by atoms with Crippen molar-refractivity contribution in [3.05, 3.63) is 29.7 Å². The molecule has 3 aromatic heterocycles. The molecule has 0 aliphatic carbocycles. The average molecular weight is 457 g/mol. The maximum absolute atomic E-state index is 9.53. The number of unbranched alkanes of at least 4 members (excludes halogenated alkanes) is 1. The number of aromatic nitrogens is 5. The summed E-state index contributed by atoms with van der Waals surface area (Å²) in [6.45, 7) is 10.9. The van der Waals surface area contributed by atoms with Crippen LogP contribution in [0.15, 0.2) is 18.5 Å². The fourth-order valence-electron chi connectivity index (χ4n) is 3.48. The van der Waals surface area contributed by atoms with Crippen LogP contribution in [0.3, 0.4) is 0 Å². The molecule has 0 atom stereocenters. The lowest BCUT2D eigenvalue weighted by Gasteiger charge is -2.22. The molecule has 0 saturated heterocycles. The number of methoxy groups -OCH3 is 1. The minimum Gasteiger partial charge on any atom is -0.495 e. The molecule has 3 aromatic rings. The highest BCUT2D eigenvalue weighted by Gasteiger charge is 2.18. The monoisotopic (exact) mass is 456 g/mol. The standard InChI is InChI=1S/C23H36N8O2/c1-6-7-8-30(9-10-32)21-20-18(27-22(24)28-21)15-31(29-20)14-17-19(33-5)11-16(12-25-17)13-26-23(2,3)4/h11-12,15,26,32H,6-10,13-14H2,1-5H3,(H2,24,27). The lowest BCUT2D eigenvalue weighted by Crippen LogP contribution is -2.35. The molecule has 10 nitrogen and oxygen atoms in total. The predicted octanol–water partition coefficient (Wildman–Crippen LogP) is 2.35. The number of anilines is 2. The summed E-state index contributed by atoms with van der Waals surface area (Å²) in [5, 5.41) is 17.7. The molecule has 0 unspecified atom stereocenters. The van der Waals surface area contributed by atoms with E-state index in [1.807, 2.05) is 23.4 Å². The third kappa shape index (κ3) is 6.52. The van der Waals surface area contributed by atoms with Gasteiger partial charge in [0, 0.05) is 31.4 Å². The van der Waals surface area contributed by atoms with Crippen LogP contribution in [0.2, 0.25) is 0 Å². The topological polar surface area (TPSA) is 127 Å². The normalized spacial score (nSPS) is 11.8. The number of nitrogens with two attached hydrogens (primary N) is 1. The molecule has 10 heteroatoms. The quantitative estimate of drug-likeness (QED) is 0.398. The zero-order valence-corrected chi connectivity index (χ0v) is 20.3. The van der Waals surface area contributed by atoms with Gasteiger partial charge in [-0.3, -0.25) is 9.67 Å². The van der Waals surface area contributed by atoms with Gasteiger partial charge in [0.1, 0.15) is 17.0 Å². The summed E-state index contributed by atoms with van der Waals surface area (Å²) < 4.78 is 7.38. The summed E-state index contributed by atoms with van der Waals surface area (Å²) in [5.41, 5.74) is 9.12. The van der Waals surface area contributed by atoms with E-state index in [1.165, 1.54) is 0 Å². The fraction of sp³-hybridized carbons (Fsp3) is 0.565. The Morgan fingerprint density at radius 3 is 2.70 bits per heavy atom. The van der Waals surface area contributed by atoms with Gasteiger partial charge in [-0.25, -0.2) is 4.98 Å². The van der Waals surface area contributed by atoms with Gasteiger partial charge in [0.05, 0.1) is 26.5 Å². The molecule has 3 rings (SSSR count). The van der Waals surface area contributed by atoms with E-state index in [2.05, 4.69) is 48.0 Å². The van der Waals surface area contributed by atoms with E-state index in [0.29, 0.717) is 42.2 Å². The van der Waals surface area contributed by atoms with Crippen molar-refractivity contribution in [2.24, 2.45) is 0 Å². The van der Waals surface area contributed by atoms with Crippen LogP contribution in [-0.4, -0.2) is 62.2 Å². The van der Waals surface area contributed by atoms with Crippen LogP contribution >= 0.6 is 0 Å². The number of rotatable bonds is 11. The van der Waals surface area contributed by atoms with Crippen LogP contribution in [0.1, 0.15) is 51.8 Å². The molecule has 0 amide bonds. The molecule has 0 fully saturated rings. The highest BCUT2D eigenvalue weighted by Crippen LogP contribution is 2.25. The van der Waals surface area contributed by atoms with Crippen LogP contribution in [0.5, 0.6) is 5.75 Å². The second kappa shape index (κ2) is 10.8. The van der Waals surface area contributed by atoms with Gasteiger partial charge in [0.25, 0.3) is 0 Å². The van der Waals surface area contributed by atoms with E-state index < -0.39 is 0 Å². The van der Waals surface area contributed by atoms with Gasteiger partial charge in [0.15, 0.2) is 11.3 Å². The fourth-order valence-corrected chi connectivity index (χ4v) is 3.48. The van der Waals surface area contributed by atoms with Crippen molar-refractivity contribution in [3.63, 3.8) is 0 Å². The highest BCUT2D eigenvalue weighted by atomic mass is 16.5. The Morgan fingerprint density at radius 1 is 1.24 bits per heavy atom. The van der Waals surface area contributed by atoms with Gasteiger partial charge in [-0.2, -0.15) is 10.1 Å². The second-order valence-electron chi connectivity index (χ2n) is 9.13. The second-order valence-corrected chi connectivity index (χ2v) is 9.13. The van der Waals surface area contributed by atoms with Crippen LogP contribution < -0.4 is 20.7 Å². The Hall–Kier alpha value is -2.98. The summed E-state index contributed by atoms with van der Waals surface area (Å²) in [6, 6.07) is 2.00. The summed E-state index contributed by atoms with van der Waals surface area (Å²) >= 11 is 0. The zero-order valence-electron chi connectivity index (χ0n) is 20.3. The van der Waals surface area contributed by atoms with Crippen molar-refractivity contribution in [2.75, 3.05) is 37.4 Å². The van der Waals surface area contributed by atoms with Crippen LogP contribution in [0.25, 0.3) is 11.0 Å². The van der Waals surface area contributed by atoms with E-state index in [-0.39, 0.29) is 18.1 Å². The molecule has 0 aliphatic heterocycles. The van der Waals surface area contributed by atoms with E-state index >= 15 is 0 Å². The minimum absolute atomic E-state index is 0.0166. The van der Waals surface area contributed by atoms with Crippen LogP contribution in [0, 0.1) is 0 Å². The molecule has 0 aliphatic rings. The van der Waals surface area contributed by atoms with Gasteiger partial charge >= 0.3 is 0 Å². The Labute approximate surface area is 195 Å². The SMILES string of the molecule is CCCCN(CCO)c1nc(N)nc2cn(Cc3ncc(CNC(C)(C)C)cc3OC)nc12. The number of hydrogen-bond donors (Lipinski definition) is 3. The first-order valence-electron chi connectivity index (χ1n) is 11.4. The van der Waals surface area contributed by atoms with Gasteiger partial charge in [-0.05, 0) is 38.8 Å². The van der Waals surface area contributed by atoms with Gasteiger partial charge in [-0.15, -0.1) is 0 Å². The Bertz CT molecular complexity index is 1060. The summed E-state index contributed by atoms with van der Waals surface area (Å²) in [6.07, 6.45) is 5.71. The first-order chi connectivity index (χ1) is 15.7. The molecule has 33 heavy (non-hydrogen) atoms. The Balaban J connectivity index is 1.89. The summed E-state index contributed by atoms with van der Waals surface area (Å²) in [7, 11) is 1.64. The number of aliphatic hydroxyl groups excluding tert-OH is 1. The van der Waals surface area contributed by atoms with Gasteiger partial charge in [0.2, 0.25) is 5.95 Å². The number of pyridine rings is 1. The number of fused-ring (bicyclic) bond motifs is 1. The average Bonchev–Trinajstić information content (AvgIpc) is 3.17. The molecular weight excluding hydrogens is 420 g/mol. The van der Waals surface area contributed by atoms with Crippen molar-refractivity contribution in [1.82, 2.24) is 30.0 Å². The van der Waals surface area contributed by atoms with Crippen molar-refractivity contribution in [2.45, 2.75) is 59.2 Å². The lowest BCUT2D eigenvalue weighted by atomic mass is 10.1. The molecule has 4 N–H and O–H groups in total. The molecule has 0 bridgehead atoms. The Morgan fingerprint density at radius 2 is 2.03 bits per heavy atom. The molecule has 0 spiro atoms. The number of aliphatic hydroxyl groups is 1. The minimum atomic E-state index is 0.0166. The maximum atomic E-state index is 9.53. The number of nitrogen functional groups attached to an aromatic ring is 1. The van der Waals surface area contributed by atoms with Crippen molar-refractivity contribution >= 4 is 22.8 Å². The van der Waals surface area contributed by atoms with Crippen LogP contribution in [0.4, 0.5) is 11.8 Å². The largest absolute Gasteiger partial charge is 0.495 e. The van der Waals surface area contributed by atoms with Gasteiger partial charge < -0.3 is 25.8 Å². The number of hydrogen-bond acceptors (Lipinski definition) is 9. The van der Waals surface area contributed by atoms with Crippen molar-refractivity contribution in [3.8, 4) is 5.75 Å². The third-order valence-electron chi connectivity index (χ3n) is 5.20. The molecule has 0 aromatic carbocycles. The molecular formula is C23H36N8O2. The predicted molar refractivity (Wildman–Crippen MR) is 130 cm³/mol. The molecule has 180 valence electrons. The number of nitrogens with one attached hydrogen (secondary N) is 1. The maximum Gasteiger partial charge on any atom is 0.222 e. The lowest BCUT2D eigenvalue weighted by molar-refractivity contribution is 0.301. The molecule has 0 radical (unpaired) electrons. The van der Waals surface area contributed by atoms with E-state index in [9.17, 15) is 5.11 Å². The van der Waals surface area contributed by atoms with Crippen molar-refractivity contribution in [1.29, 1.82) is 0 Å². The first-order valence-corrected chi connectivity index (χ1v) is 11.4. The summed E-state index contributed by atoms with van der Waals surface area (Å²) in [5.74, 6) is 1.53. The van der Waals surface area contributed by atoms with E-state index in [1.54, 1.807) is 11.8 Å². The van der Waals surface area contributed by atoms with Crippen LogP contribution in [-0.2, 0) is 13.1 Å². The highest BCUT2D eigenvalue weighted by molar-refractivity contribution is 5.86. The Kier molecular flexibility index (Phi) is 8.04. The first kappa shape index (κ1) is 24.7. The third-order valence-corrected chi connectivity index (χ3v) is 5.20. The van der Waals surface area contributed by atoms with E-state index in [0.717, 1.165) is 30.6 Å². The molecule has 3 heterocycles. The molecule has 0 saturated carbocycles. The number of ether oxygens (including phenoxy) is 1. The summed E-state index contributed by atoms with van der Waals surface area (Å²) in [4.78, 5) is 15.4. The zero-order chi connectivity index (χ0) is 24.0. The smallest absolute Gasteiger partial charge is 0.222 e. The number of nitrogens with zero attached hydrogens (tertiary/aromatic N) is 6. The van der Waals surface area contributed by atoms with Gasteiger partial charge in [-0.1, -0.05) is 13.3 Å². The van der Waals surface area contributed by atoms with Crippen molar-refractivity contribution < 1.29 is 9.84 Å².